The number of fused-ring (bicyclic) bond motifs is 2. The van der Waals surface area contributed by atoms with Crippen molar-refractivity contribution in [1.82, 2.24) is 5.32 Å². The van der Waals surface area contributed by atoms with E-state index in [4.69, 9.17) is 27.9 Å². The molecule has 3 aromatic carbocycles. The van der Waals surface area contributed by atoms with Gasteiger partial charge in [-0.25, -0.2) is 9.69 Å². The Morgan fingerprint density at radius 1 is 1.08 bits per heavy atom. The molecular formula is C27H21BrCl2N2O4. The number of carbonyl (C=O) groups excluding carboxylic acids is 3. The summed E-state index contributed by atoms with van der Waals surface area (Å²) in [7, 11) is 0. The maximum atomic E-state index is 14.6. The molecule has 6 nitrogen and oxygen atoms in total. The Kier molecular flexibility index (Phi) is 6.57. The highest BCUT2D eigenvalue weighted by atomic mass is 79.9. The van der Waals surface area contributed by atoms with Gasteiger partial charge in [0.1, 0.15) is 5.41 Å². The number of hydrogen-bond acceptors (Lipinski definition) is 4. The number of halogens is 3. The van der Waals surface area contributed by atoms with Gasteiger partial charge < -0.3 is 10.1 Å². The van der Waals surface area contributed by atoms with Crippen LogP contribution in [0.4, 0.5) is 10.5 Å². The number of nitrogens with one attached hydrogen (secondary N) is 1. The number of ether oxygens (including phenoxy) is 1. The molecule has 2 aliphatic rings. The number of piperidine rings is 1. The van der Waals surface area contributed by atoms with Crippen LogP contribution in [0.1, 0.15) is 42.0 Å². The van der Waals surface area contributed by atoms with Crippen molar-refractivity contribution in [3.63, 3.8) is 0 Å². The van der Waals surface area contributed by atoms with E-state index in [9.17, 15) is 14.4 Å². The van der Waals surface area contributed by atoms with E-state index in [0.717, 1.165) is 14.9 Å². The van der Waals surface area contributed by atoms with E-state index in [0.29, 0.717) is 26.9 Å². The van der Waals surface area contributed by atoms with E-state index in [1.54, 1.807) is 43.3 Å². The van der Waals surface area contributed by atoms with Crippen LogP contribution >= 0.6 is 39.1 Å². The zero-order valence-electron chi connectivity index (χ0n) is 19.1. The molecule has 184 valence electrons. The van der Waals surface area contributed by atoms with Crippen molar-refractivity contribution in [1.29, 1.82) is 0 Å². The van der Waals surface area contributed by atoms with Crippen molar-refractivity contribution in [2.45, 2.75) is 30.7 Å². The molecule has 1 saturated heterocycles. The normalized spacial score (nSPS) is 22.9. The lowest BCUT2D eigenvalue weighted by molar-refractivity contribution is -0.132. The Balaban J connectivity index is 1.86. The molecule has 0 aromatic heterocycles. The number of amides is 3. The summed E-state index contributed by atoms with van der Waals surface area (Å²) >= 11 is 16.3. The highest BCUT2D eigenvalue weighted by Gasteiger charge is 2.64. The summed E-state index contributed by atoms with van der Waals surface area (Å²) in [5.41, 5.74) is 0.962. The maximum Gasteiger partial charge on any atom is 0.421 e. The van der Waals surface area contributed by atoms with Crippen LogP contribution < -0.4 is 10.2 Å². The lowest BCUT2D eigenvalue weighted by Gasteiger charge is -2.47. The van der Waals surface area contributed by atoms with Crippen LogP contribution in [-0.4, -0.2) is 24.5 Å². The van der Waals surface area contributed by atoms with Gasteiger partial charge in [0.2, 0.25) is 11.8 Å². The third-order valence-electron chi connectivity index (χ3n) is 6.82. The molecule has 1 N–H and O–H groups in total. The first kappa shape index (κ1) is 24.8. The van der Waals surface area contributed by atoms with Crippen LogP contribution in [0, 0.1) is 0 Å². The minimum atomic E-state index is -1.38. The lowest BCUT2D eigenvalue weighted by atomic mass is 9.59. The molecule has 3 aromatic rings. The summed E-state index contributed by atoms with van der Waals surface area (Å²) in [5, 5.41) is 3.91. The number of rotatable bonds is 3. The average Bonchev–Trinajstić information content (AvgIpc) is 3.09. The van der Waals surface area contributed by atoms with Gasteiger partial charge in [0.05, 0.1) is 18.3 Å². The quantitative estimate of drug-likeness (QED) is 0.377. The van der Waals surface area contributed by atoms with Gasteiger partial charge in [0.25, 0.3) is 0 Å². The zero-order chi connectivity index (χ0) is 25.6. The molecule has 3 atom stereocenters. The Morgan fingerprint density at radius 2 is 1.83 bits per heavy atom. The first-order valence-electron chi connectivity index (χ1n) is 11.4. The molecule has 3 amide bonds. The smallest absolute Gasteiger partial charge is 0.421 e. The molecule has 1 spiro atoms. The zero-order valence-corrected chi connectivity index (χ0v) is 22.2. The summed E-state index contributed by atoms with van der Waals surface area (Å²) in [6.07, 6.45) is -0.776. The highest BCUT2D eigenvalue weighted by Crippen LogP contribution is 2.60. The number of anilines is 1. The van der Waals surface area contributed by atoms with Crippen LogP contribution in [0.2, 0.25) is 10.0 Å². The second-order valence-corrected chi connectivity index (χ2v) is 10.4. The molecule has 0 saturated carbocycles. The van der Waals surface area contributed by atoms with E-state index >= 15 is 0 Å². The molecular weight excluding hydrogens is 567 g/mol. The number of benzene rings is 3. The molecule has 0 radical (unpaired) electrons. The molecule has 9 heteroatoms. The standard InChI is InChI=1S/C27H21BrCl2N2O4/c1-2-36-26(35)32-22-13-17(30)10-11-19(22)27(25(32)34)20(15-6-5-7-16(29)12-15)14-23(33)31-24(27)18-8-3-4-9-21(18)28/h3-13,20,24H,2,14H2,1H3,(H,31,33)/t20-,24-,27-/m0/s1. The summed E-state index contributed by atoms with van der Waals surface area (Å²) in [6, 6.07) is 18.8. The fourth-order valence-electron chi connectivity index (χ4n) is 5.45. The number of carbonyl (C=O) groups is 3. The van der Waals surface area contributed by atoms with Crippen LogP contribution in [0.5, 0.6) is 0 Å². The second kappa shape index (κ2) is 9.54. The Morgan fingerprint density at radius 3 is 2.56 bits per heavy atom. The Hall–Kier alpha value is -2.87. The second-order valence-electron chi connectivity index (χ2n) is 8.70. The van der Waals surface area contributed by atoms with Gasteiger partial charge in [-0.1, -0.05) is 75.5 Å². The van der Waals surface area contributed by atoms with Gasteiger partial charge in [-0.05, 0) is 53.9 Å². The van der Waals surface area contributed by atoms with Crippen LogP contribution in [0.15, 0.2) is 71.2 Å². The van der Waals surface area contributed by atoms with Crippen molar-refractivity contribution in [3.8, 4) is 0 Å². The predicted molar refractivity (Wildman–Crippen MR) is 141 cm³/mol. The van der Waals surface area contributed by atoms with Gasteiger partial charge in [-0.15, -0.1) is 0 Å². The summed E-state index contributed by atoms with van der Waals surface area (Å²) in [6.45, 7) is 1.76. The van der Waals surface area contributed by atoms with Crippen molar-refractivity contribution in [3.05, 3.63) is 97.9 Å². The SMILES string of the molecule is CCOC(=O)N1C(=O)[C@@]2(c3ccc(Cl)cc31)[C@H](c1cccc(Cl)c1)CC(=O)N[C@H]2c1ccccc1Br. The molecule has 0 unspecified atom stereocenters. The average molecular weight is 588 g/mol. The fourth-order valence-corrected chi connectivity index (χ4v) is 6.33. The van der Waals surface area contributed by atoms with Crippen LogP contribution in [0.3, 0.4) is 0 Å². The van der Waals surface area contributed by atoms with E-state index in [1.165, 1.54) is 0 Å². The lowest BCUT2D eigenvalue weighted by Crippen LogP contribution is -2.58. The largest absolute Gasteiger partial charge is 0.449 e. The van der Waals surface area contributed by atoms with Crippen molar-refractivity contribution >= 4 is 62.7 Å². The molecule has 0 bridgehead atoms. The first-order valence-corrected chi connectivity index (χ1v) is 12.9. The van der Waals surface area contributed by atoms with Crippen molar-refractivity contribution in [2.24, 2.45) is 0 Å². The molecule has 36 heavy (non-hydrogen) atoms. The van der Waals surface area contributed by atoms with Gasteiger partial charge in [0.15, 0.2) is 0 Å². The summed E-state index contributed by atoms with van der Waals surface area (Å²) in [5.74, 6) is -1.35. The third kappa shape index (κ3) is 3.81. The summed E-state index contributed by atoms with van der Waals surface area (Å²) < 4.78 is 6.00. The van der Waals surface area contributed by atoms with E-state index in [-0.39, 0.29) is 18.9 Å². The fraction of sp³-hybridized carbons (Fsp3) is 0.222. The van der Waals surface area contributed by atoms with Crippen LogP contribution in [0.25, 0.3) is 0 Å². The molecule has 2 aliphatic heterocycles. The highest BCUT2D eigenvalue weighted by molar-refractivity contribution is 9.10. The predicted octanol–water partition coefficient (Wildman–Crippen LogP) is 6.54. The van der Waals surface area contributed by atoms with Gasteiger partial charge in [-0.3, -0.25) is 9.59 Å². The third-order valence-corrected chi connectivity index (χ3v) is 8.01. The van der Waals surface area contributed by atoms with Crippen molar-refractivity contribution < 1.29 is 19.1 Å². The first-order chi connectivity index (χ1) is 17.3. The molecule has 1 fully saturated rings. The van der Waals surface area contributed by atoms with Gasteiger partial charge in [-0.2, -0.15) is 0 Å². The number of imide groups is 1. The summed E-state index contributed by atoms with van der Waals surface area (Å²) in [4.78, 5) is 42.0. The van der Waals surface area contributed by atoms with E-state index in [1.807, 2.05) is 30.3 Å². The van der Waals surface area contributed by atoms with Crippen LogP contribution in [-0.2, 0) is 19.7 Å². The number of hydrogen-bond donors (Lipinski definition) is 1. The monoisotopic (exact) mass is 586 g/mol. The van der Waals surface area contributed by atoms with E-state index < -0.39 is 29.4 Å². The Bertz CT molecular complexity index is 1400. The molecule has 5 rings (SSSR count). The van der Waals surface area contributed by atoms with Crippen molar-refractivity contribution in [2.75, 3.05) is 11.5 Å². The van der Waals surface area contributed by atoms with Gasteiger partial charge >= 0.3 is 6.09 Å². The minimum absolute atomic E-state index is 0.0196. The maximum absolute atomic E-state index is 14.6. The molecule has 0 aliphatic carbocycles. The molecule has 2 heterocycles. The topological polar surface area (TPSA) is 75.7 Å². The van der Waals surface area contributed by atoms with Gasteiger partial charge in [0, 0.05) is 26.9 Å². The number of nitrogens with zero attached hydrogens (tertiary/aromatic N) is 1. The van der Waals surface area contributed by atoms with E-state index in [2.05, 4.69) is 21.2 Å². The minimum Gasteiger partial charge on any atom is -0.449 e. The Labute approximate surface area is 226 Å².